The van der Waals surface area contributed by atoms with E-state index in [0.717, 1.165) is 32.1 Å². The standard InChI is InChI=1S/C33H66N2O6/c1-3-5-7-9-11-13-15-16-17-19-21-23-25-34-33(40)35(26-24-22-20-18-14-12-10-8-6-4-2)32-31(39)30(38)29(37)28(27-36)41-32/h28-32,36-39H,3-27H2,1-2H3,(H,34,40)/t28-,29-,30+,31-,32?/m1/s1. The maximum Gasteiger partial charge on any atom is 0.319 e. The Morgan fingerprint density at radius 2 is 1.02 bits per heavy atom. The fourth-order valence-electron chi connectivity index (χ4n) is 5.72. The van der Waals surface area contributed by atoms with Gasteiger partial charge >= 0.3 is 6.03 Å². The number of unbranched alkanes of at least 4 members (excludes halogenated alkanes) is 20. The van der Waals surface area contributed by atoms with Crippen LogP contribution in [0.15, 0.2) is 0 Å². The summed E-state index contributed by atoms with van der Waals surface area (Å²) >= 11 is 0. The molecule has 0 radical (unpaired) electrons. The smallest absolute Gasteiger partial charge is 0.319 e. The minimum atomic E-state index is -1.50. The average Bonchev–Trinajstić information content (AvgIpc) is 2.97. The molecule has 5 atom stereocenters. The third-order valence-corrected chi connectivity index (χ3v) is 8.49. The minimum absolute atomic E-state index is 0.340. The molecule has 0 bridgehead atoms. The highest BCUT2D eigenvalue weighted by molar-refractivity contribution is 5.74. The molecule has 2 amide bonds. The minimum Gasteiger partial charge on any atom is -0.394 e. The van der Waals surface area contributed by atoms with Gasteiger partial charge in [0.05, 0.1) is 6.61 Å². The van der Waals surface area contributed by atoms with Gasteiger partial charge in [-0.1, -0.05) is 142 Å². The van der Waals surface area contributed by atoms with Gasteiger partial charge in [0.1, 0.15) is 24.4 Å². The number of aliphatic hydroxyl groups excluding tert-OH is 4. The van der Waals surface area contributed by atoms with Gasteiger partial charge in [0, 0.05) is 13.1 Å². The molecule has 1 fully saturated rings. The molecule has 1 rings (SSSR count). The molecule has 0 aromatic carbocycles. The summed E-state index contributed by atoms with van der Waals surface area (Å²) in [6, 6.07) is -0.340. The van der Waals surface area contributed by atoms with Crippen LogP contribution in [0.25, 0.3) is 0 Å². The summed E-state index contributed by atoms with van der Waals surface area (Å²) < 4.78 is 5.73. The number of nitrogens with zero attached hydrogens (tertiary/aromatic N) is 1. The number of hydrogen-bond donors (Lipinski definition) is 5. The van der Waals surface area contributed by atoms with Crippen LogP contribution in [0, 0.1) is 0 Å². The van der Waals surface area contributed by atoms with Gasteiger partial charge in [-0.15, -0.1) is 0 Å². The van der Waals surface area contributed by atoms with Crippen LogP contribution in [-0.4, -0.2) is 81.7 Å². The molecular formula is C33H66N2O6. The summed E-state index contributed by atoms with van der Waals surface area (Å²) in [5, 5.41) is 43.7. The third-order valence-electron chi connectivity index (χ3n) is 8.49. The zero-order valence-corrected chi connectivity index (χ0v) is 26.6. The Kier molecular flexibility index (Phi) is 23.7. The van der Waals surface area contributed by atoms with Crippen LogP contribution in [0.5, 0.6) is 0 Å². The van der Waals surface area contributed by atoms with Crippen LogP contribution in [0.3, 0.4) is 0 Å². The molecule has 8 heteroatoms. The Morgan fingerprint density at radius 1 is 0.610 bits per heavy atom. The zero-order valence-electron chi connectivity index (χ0n) is 26.6. The van der Waals surface area contributed by atoms with Crippen molar-refractivity contribution in [1.29, 1.82) is 0 Å². The molecule has 5 N–H and O–H groups in total. The van der Waals surface area contributed by atoms with E-state index in [-0.39, 0.29) is 6.03 Å². The first kappa shape index (κ1) is 38.1. The van der Waals surface area contributed by atoms with E-state index in [4.69, 9.17) is 4.74 Å². The zero-order chi connectivity index (χ0) is 30.1. The molecule has 0 spiro atoms. The van der Waals surface area contributed by atoms with Crippen LogP contribution >= 0.6 is 0 Å². The van der Waals surface area contributed by atoms with E-state index in [1.54, 1.807) is 0 Å². The molecule has 41 heavy (non-hydrogen) atoms. The van der Waals surface area contributed by atoms with Crippen LogP contribution in [0.1, 0.15) is 155 Å². The second-order valence-corrected chi connectivity index (χ2v) is 12.2. The number of nitrogens with one attached hydrogen (secondary N) is 1. The lowest BCUT2D eigenvalue weighted by Crippen LogP contribution is -2.65. The van der Waals surface area contributed by atoms with Gasteiger partial charge in [-0.25, -0.2) is 4.79 Å². The Hall–Kier alpha value is -0.930. The molecule has 244 valence electrons. The van der Waals surface area contributed by atoms with Gasteiger partial charge in [-0.2, -0.15) is 0 Å². The lowest BCUT2D eigenvalue weighted by molar-refractivity contribution is -0.257. The molecule has 1 aliphatic rings. The van der Waals surface area contributed by atoms with Crippen LogP contribution in [0.2, 0.25) is 0 Å². The topological polar surface area (TPSA) is 122 Å². The lowest BCUT2D eigenvalue weighted by Gasteiger charge is -2.44. The summed E-state index contributed by atoms with van der Waals surface area (Å²) in [6.07, 6.45) is 20.2. The predicted molar refractivity (Wildman–Crippen MR) is 167 cm³/mol. The van der Waals surface area contributed by atoms with Crippen molar-refractivity contribution in [3.05, 3.63) is 0 Å². The van der Waals surface area contributed by atoms with Gasteiger partial charge in [0.2, 0.25) is 0 Å². The van der Waals surface area contributed by atoms with Crippen molar-refractivity contribution < 1.29 is 30.0 Å². The first-order valence-corrected chi connectivity index (χ1v) is 17.3. The molecule has 0 aromatic rings. The van der Waals surface area contributed by atoms with E-state index in [2.05, 4.69) is 19.2 Å². The van der Waals surface area contributed by atoms with Crippen LogP contribution in [-0.2, 0) is 4.74 Å². The number of urea groups is 1. The first-order chi connectivity index (χ1) is 20.0. The summed E-state index contributed by atoms with van der Waals surface area (Å²) in [7, 11) is 0. The third kappa shape index (κ3) is 17.1. The van der Waals surface area contributed by atoms with Gasteiger partial charge in [0.25, 0.3) is 0 Å². The highest BCUT2D eigenvalue weighted by Crippen LogP contribution is 2.24. The summed E-state index contributed by atoms with van der Waals surface area (Å²) in [6.45, 7) is 4.90. The molecule has 0 saturated carbocycles. The SMILES string of the molecule is CCCCCCCCCCCCCCNC(=O)N(CCCCCCCCCCCC)C1O[C@H](CO)[C@@H](O)[C@H](O)[C@H]1O. The van der Waals surface area contributed by atoms with Gasteiger partial charge < -0.3 is 30.5 Å². The van der Waals surface area contributed by atoms with E-state index in [1.165, 1.54) is 114 Å². The van der Waals surface area contributed by atoms with Gasteiger partial charge in [0.15, 0.2) is 6.23 Å². The quantitative estimate of drug-likeness (QED) is 0.0746. The Balaban J connectivity index is 2.39. The number of hydrogen-bond acceptors (Lipinski definition) is 6. The normalized spacial score (nSPS) is 22.6. The first-order valence-electron chi connectivity index (χ1n) is 17.3. The van der Waals surface area contributed by atoms with Gasteiger partial charge in [-0.05, 0) is 12.8 Å². The monoisotopic (exact) mass is 586 g/mol. The molecule has 1 aliphatic heterocycles. The summed E-state index contributed by atoms with van der Waals surface area (Å²) in [5.74, 6) is 0. The Bertz CT molecular complexity index is 608. The van der Waals surface area contributed by atoms with Crippen molar-refractivity contribution in [3.8, 4) is 0 Å². The number of carbonyl (C=O) groups is 1. The van der Waals surface area contributed by atoms with E-state index in [9.17, 15) is 25.2 Å². The van der Waals surface area contributed by atoms with Crippen molar-refractivity contribution in [2.24, 2.45) is 0 Å². The maximum atomic E-state index is 13.2. The highest BCUT2D eigenvalue weighted by atomic mass is 16.6. The number of ether oxygens (including phenoxy) is 1. The van der Waals surface area contributed by atoms with Crippen molar-refractivity contribution in [3.63, 3.8) is 0 Å². The molecule has 1 heterocycles. The van der Waals surface area contributed by atoms with E-state index in [1.807, 2.05) is 0 Å². The number of rotatable bonds is 26. The second-order valence-electron chi connectivity index (χ2n) is 12.2. The van der Waals surface area contributed by atoms with Crippen molar-refractivity contribution in [1.82, 2.24) is 10.2 Å². The fraction of sp³-hybridized carbons (Fsp3) is 0.970. The van der Waals surface area contributed by atoms with Crippen molar-refractivity contribution >= 4 is 6.03 Å². The lowest BCUT2D eigenvalue weighted by atomic mass is 9.97. The van der Waals surface area contributed by atoms with Gasteiger partial charge in [-0.3, -0.25) is 4.90 Å². The molecule has 1 unspecified atom stereocenters. The Labute approximate surface area is 251 Å². The maximum absolute atomic E-state index is 13.2. The van der Waals surface area contributed by atoms with E-state index >= 15 is 0 Å². The summed E-state index contributed by atoms with van der Waals surface area (Å²) in [5.41, 5.74) is 0. The molecule has 8 nitrogen and oxygen atoms in total. The van der Waals surface area contributed by atoms with E-state index < -0.39 is 37.3 Å². The Morgan fingerprint density at radius 3 is 1.46 bits per heavy atom. The summed E-state index contributed by atoms with van der Waals surface area (Å²) in [4.78, 5) is 14.6. The molecule has 1 saturated heterocycles. The van der Waals surface area contributed by atoms with Crippen LogP contribution < -0.4 is 5.32 Å². The van der Waals surface area contributed by atoms with Crippen molar-refractivity contribution in [2.75, 3.05) is 19.7 Å². The predicted octanol–water partition coefficient (Wildman–Crippen LogP) is 6.42. The number of carbonyl (C=O) groups excluding carboxylic acids is 1. The highest BCUT2D eigenvalue weighted by Gasteiger charge is 2.46. The number of aliphatic hydroxyl groups is 4. The molecular weight excluding hydrogens is 520 g/mol. The molecule has 0 aromatic heterocycles. The molecule has 0 aliphatic carbocycles. The van der Waals surface area contributed by atoms with E-state index in [0.29, 0.717) is 13.1 Å². The average molecular weight is 587 g/mol. The largest absolute Gasteiger partial charge is 0.394 e. The van der Waals surface area contributed by atoms with Crippen molar-refractivity contribution in [2.45, 2.75) is 186 Å². The second kappa shape index (κ2) is 25.6. The number of amides is 2. The fourth-order valence-corrected chi connectivity index (χ4v) is 5.72. The van der Waals surface area contributed by atoms with Crippen LogP contribution in [0.4, 0.5) is 4.79 Å².